The van der Waals surface area contributed by atoms with Gasteiger partial charge in [-0.15, -0.1) is 0 Å². The second kappa shape index (κ2) is 5.73. The molecule has 20 heavy (non-hydrogen) atoms. The molecule has 2 aromatic carbocycles. The van der Waals surface area contributed by atoms with Crippen LogP contribution < -0.4 is 5.73 Å². The van der Waals surface area contributed by atoms with E-state index < -0.39 is 17.8 Å². The summed E-state index contributed by atoms with van der Waals surface area (Å²) in [6, 6.07) is 10.9. The molecule has 1 nitrogen and oxygen atoms in total. The van der Waals surface area contributed by atoms with Crippen LogP contribution in [-0.4, -0.2) is 0 Å². The molecule has 2 rings (SSSR count). The molecule has 0 aliphatic rings. The highest BCUT2D eigenvalue weighted by Gasteiger charge is 2.31. The lowest BCUT2D eigenvalue weighted by Gasteiger charge is -2.18. The van der Waals surface area contributed by atoms with E-state index in [1.54, 1.807) is 6.92 Å². The first-order valence-corrected chi connectivity index (χ1v) is 7.06. The molecule has 0 fully saturated rings. The van der Waals surface area contributed by atoms with Crippen LogP contribution in [0.5, 0.6) is 0 Å². The average molecular weight is 391 g/mol. The van der Waals surface area contributed by atoms with Gasteiger partial charge in [-0.05, 0) is 64.4 Å². The molecule has 0 aliphatic heterocycles. The van der Waals surface area contributed by atoms with E-state index in [0.29, 0.717) is 11.1 Å². The highest BCUT2D eigenvalue weighted by atomic mass is 127. The summed E-state index contributed by atoms with van der Waals surface area (Å²) in [6.45, 7) is 1.65. The molecular formula is C15H13F3IN. The topological polar surface area (TPSA) is 26.0 Å². The van der Waals surface area contributed by atoms with Crippen molar-refractivity contribution in [3.05, 3.63) is 68.3 Å². The quantitative estimate of drug-likeness (QED) is 0.741. The molecule has 2 N–H and O–H groups in total. The van der Waals surface area contributed by atoms with E-state index in [1.807, 2.05) is 24.3 Å². The molecule has 2 aromatic rings. The monoisotopic (exact) mass is 391 g/mol. The Hall–Kier alpha value is -1.08. The Morgan fingerprint density at radius 1 is 1.05 bits per heavy atom. The van der Waals surface area contributed by atoms with Crippen molar-refractivity contribution >= 4 is 22.6 Å². The molecule has 0 heterocycles. The fourth-order valence-electron chi connectivity index (χ4n) is 2.10. The molecule has 0 bridgehead atoms. The number of halogens is 4. The minimum absolute atomic E-state index is 0.426. The first kappa shape index (κ1) is 15.3. The highest BCUT2D eigenvalue weighted by Crippen LogP contribution is 2.33. The van der Waals surface area contributed by atoms with Crippen LogP contribution in [0, 0.1) is 10.5 Å². The number of benzene rings is 2. The molecule has 1 atom stereocenters. The zero-order chi connectivity index (χ0) is 14.9. The van der Waals surface area contributed by atoms with E-state index in [2.05, 4.69) is 22.6 Å². The number of aryl methyl sites for hydroxylation is 1. The van der Waals surface area contributed by atoms with E-state index in [1.165, 1.54) is 6.07 Å². The standard InChI is InChI=1S/C15H13F3IN/c1-9-8-10(15(16,17)18)6-7-11(9)14(20)12-4-2-3-5-13(12)19/h2-8,14H,20H2,1H3. The molecule has 0 amide bonds. The first-order chi connectivity index (χ1) is 9.30. The Labute approximate surface area is 129 Å². The molecule has 1 unspecified atom stereocenters. The van der Waals surface area contributed by atoms with E-state index >= 15 is 0 Å². The van der Waals surface area contributed by atoms with Gasteiger partial charge in [-0.3, -0.25) is 0 Å². The van der Waals surface area contributed by atoms with Crippen LogP contribution in [0.3, 0.4) is 0 Å². The molecule has 0 saturated carbocycles. The van der Waals surface area contributed by atoms with Crippen LogP contribution in [0.25, 0.3) is 0 Å². The maximum Gasteiger partial charge on any atom is 0.416 e. The third kappa shape index (κ3) is 3.15. The Balaban J connectivity index is 2.42. The Bertz CT molecular complexity index is 623. The number of hydrogen-bond donors (Lipinski definition) is 1. The van der Waals surface area contributed by atoms with Crippen molar-refractivity contribution in [3.63, 3.8) is 0 Å². The van der Waals surface area contributed by atoms with Gasteiger partial charge in [0.15, 0.2) is 0 Å². The smallest absolute Gasteiger partial charge is 0.320 e. The summed E-state index contributed by atoms with van der Waals surface area (Å²) >= 11 is 2.17. The van der Waals surface area contributed by atoms with Crippen LogP contribution in [0.2, 0.25) is 0 Å². The van der Waals surface area contributed by atoms with E-state index in [0.717, 1.165) is 21.3 Å². The normalized spacial score (nSPS) is 13.3. The zero-order valence-electron chi connectivity index (χ0n) is 10.7. The summed E-state index contributed by atoms with van der Waals surface area (Å²) in [4.78, 5) is 0. The maximum atomic E-state index is 12.7. The predicted molar refractivity (Wildman–Crippen MR) is 81.4 cm³/mol. The Morgan fingerprint density at radius 2 is 1.70 bits per heavy atom. The molecule has 0 saturated heterocycles. The second-order valence-corrected chi connectivity index (χ2v) is 5.73. The third-order valence-corrected chi connectivity index (χ3v) is 4.15. The van der Waals surface area contributed by atoms with Crippen LogP contribution in [0.4, 0.5) is 13.2 Å². The number of hydrogen-bond acceptors (Lipinski definition) is 1. The fraction of sp³-hybridized carbons (Fsp3) is 0.200. The van der Waals surface area contributed by atoms with Crippen LogP contribution >= 0.6 is 22.6 Å². The minimum Gasteiger partial charge on any atom is -0.320 e. The number of nitrogens with two attached hydrogens (primary N) is 1. The average Bonchev–Trinajstić information content (AvgIpc) is 2.37. The highest BCUT2D eigenvalue weighted by molar-refractivity contribution is 14.1. The van der Waals surface area contributed by atoms with Gasteiger partial charge in [0.05, 0.1) is 11.6 Å². The van der Waals surface area contributed by atoms with E-state index in [9.17, 15) is 13.2 Å². The fourth-order valence-corrected chi connectivity index (χ4v) is 2.82. The minimum atomic E-state index is -4.32. The van der Waals surface area contributed by atoms with Gasteiger partial charge in [0.1, 0.15) is 0 Å². The van der Waals surface area contributed by atoms with Gasteiger partial charge >= 0.3 is 6.18 Å². The Morgan fingerprint density at radius 3 is 2.25 bits per heavy atom. The lowest BCUT2D eigenvalue weighted by Crippen LogP contribution is -2.15. The van der Waals surface area contributed by atoms with Gasteiger partial charge in [0.2, 0.25) is 0 Å². The summed E-state index contributed by atoms with van der Waals surface area (Å²) in [6.07, 6.45) is -4.32. The largest absolute Gasteiger partial charge is 0.416 e. The lowest BCUT2D eigenvalue weighted by molar-refractivity contribution is -0.137. The van der Waals surface area contributed by atoms with Gasteiger partial charge in [-0.25, -0.2) is 0 Å². The van der Waals surface area contributed by atoms with E-state index in [-0.39, 0.29) is 0 Å². The van der Waals surface area contributed by atoms with E-state index in [4.69, 9.17) is 5.73 Å². The van der Waals surface area contributed by atoms with Crippen molar-refractivity contribution in [1.29, 1.82) is 0 Å². The van der Waals surface area contributed by atoms with Crippen molar-refractivity contribution in [3.8, 4) is 0 Å². The summed E-state index contributed by atoms with van der Waals surface area (Å²) < 4.78 is 39.0. The van der Waals surface area contributed by atoms with Crippen molar-refractivity contribution in [2.24, 2.45) is 5.73 Å². The van der Waals surface area contributed by atoms with Gasteiger partial charge in [0.25, 0.3) is 0 Å². The molecule has 0 spiro atoms. The SMILES string of the molecule is Cc1cc(C(F)(F)F)ccc1C(N)c1ccccc1I. The number of rotatable bonds is 2. The van der Waals surface area contributed by atoms with Gasteiger partial charge in [0, 0.05) is 3.57 Å². The summed E-state index contributed by atoms with van der Waals surface area (Å²) in [5.74, 6) is 0. The van der Waals surface area contributed by atoms with Crippen molar-refractivity contribution in [2.75, 3.05) is 0 Å². The second-order valence-electron chi connectivity index (χ2n) is 4.57. The predicted octanol–water partition coefficient (Wildman–Crippen LogP) is 4.67. The lowest BCUT2D eigenvalue weighted by atomic mass is 9.94. The molecular weight excluding hydrogens is 378 g/mol. The van der Waals surface area contributed by atoms with Crippen LogP contribution in [0.1, 0.15) is 28.3 Å². The number of alkyl halides is 3. The van der Waals surface area contributed by atoms with Gasteiger partial charge in [-0.2, -0.15) is 13.2 Å². The van der Waals surface area contributed by atoms with Crippen molar-refractivity contribution in [2.45, 2.75) is 19.1 Å². The molecule has 0 aromatic heterocycles. The zero-order valence-corrected chi connectivity index (χ0v) is 12.9. The molecule has 5 heteroatoms. The van der Waals surface area contributed by atoms with Gasteiger partial charge < -0.3 is 5.73 Å². The Kier molecular flexibility index (Phi) is 4.39. The molecule has 106 valence electrons. The van der Waals surface area contributed by atoms with Crippen LogP contribution in [0.15, 0.2) is 42.5 Å². The van der Waals surface area contributed by atoms with Crippen molar-refractivity contribution in [1.82, 2.24) is 0 Å². The third-order valence-electron chi connectivity index (χ3n) is 3.17. The summed E-state index contributed by atoms with van der Waals surface area (Å²) in [5.41, 5.74) is 7.72. The van der Waals surface area contributed by atoms with Gasteiger partial charge in [-0.1, -0.05) is 24.3 Å². The van der Waals surface area contributed by atoms with Crippen molar-refractivity contribution < 1.29 is 13.2 Å². The molecule has 0 aliphatic carbocycles. The first-order valence-electron chi connectivity index (χ1n) is 5.98. The summed E-state index contributed by atoms with van der Waals surface area (Å²) in [5, 5.41) is 0. The maximum absolute atomic E-state index is 12.7. The van der Waals surface area contributed by atoms with Crippen LogP contribution in [-0.2, 0) is 6.18 Å². The molecule has 0 radical (unpaired) electrons. The summed E-state index contributed by atoms with van der Waals surface area (Å²) in [7, 11) is 0.